The second-order valence-electron chi connectivity index (χ2n) is 1.31. The molecule has 0 bridgehead atoms. The molecule has 1 atom stereocenters. The first-order valence-electron chi connectivity index (χ1n) is 2.05. The normalized spacial score (nSPS) is 17.4. The van der Waals surface area contributed by atoms with Crippen molar-refractivity contribution in [2.24, 2.45) is 0 Å². The van der Waals surface area contributed by atoms with E-state index >= 15 is 0 Å². The van der Waals surface area contributed by atoms with E-state index in [0.717, 1.165) is 0 Å². The van der Waals surface area contributed by atoms with E-state index in [1.165, 1.54) is 0 Å². The van der Waals surface area contributed by atoms with E-state index in [2.05, 4.69) is 18.5 Å². The molecule has 1 N–H and O–H groups in total. The summed E-state index contributed by atoms with van der Waals surface area (Å²) in [6, 6.07) is 0. The number of rotatable bonds is 1. The molecule has 0 saturated heterocycles. The van der Waals surface area contributed by atoms with Crippen LogP contribution in [0, 0.1) is 12.3 Å². The van der Waals surface area contributed by atoms with Crippen molar-refractivity contribution in [3.8, 4) is 12.3 Å². The molecule has 0 aliphatic heterocycles. The lowest BCUT2D eigenvalue weighted by atomic mass is 10.3. The van der Waals surface area contributed by atoms with Gasteiger partial charge >= 0.3 is 0 Å². The van der Waals surface area contributed by atoms with Crippen LogP contribution in [0.15, 0.2) is 0 Å². The van der Waals surface area contributed by atoms with Gasteiger partial charge in [-0.1, -0.05) is 12.8 Å². The molecule has 0 aromatic heterocycles. The molecule has 0 spiro atoms. The second kappa shape index (κ2) is 2.25. The van der Waals surface area contributed by atoms with Gasteiger partial charge in [0.1, 0.15) is 0 Å². The van der Waals surface area contributed by atoms with E-state index in [0.29, 0.717) is 6.42 Å². The highest BCUT2D eigenvalue weighted by Crippen LogP contribution is 2.11. The molecule has 1 unspecified atom stereocenters. The Morgan fingerprint density at radius 2 is 2.43 bits per heavy atom. The maximum Gasteiger partial charge on any atom is 0.169 e. The van der Waals surface area contributed by atoms with Gasteiger partial charge in [0.25, 0.3) is 0 Å². The standard InChI is InChI=1S/C5H8OS/c1-3-5(6,7)4-2/h1,6-7H,4H2,2H3. The molecule has 0 aromatic rings. The van der Waals surface area contributed by atoms with E-state index < -0.39 is 4.93 Å². The van der Waals surface area contributed by atoms with Crippen molar-refractivity contribution in [3.63, 3.8) is 0 Å². The summed E-state index contributed by atoms with van der Waals surface area (Å²) in [6.07, 6.45) is 5.32. The first-order valence-corrected chi connectivity index (χ1v) is 2.49. The average Bonchev–Trinajstić information content (AvgIpc) is 1.68. The van der Waals surface area contributed by atoms with Gasteiger partial charge in [0.05, 0.1) is 0 Å². The van der Waals surface area contributed by atoms with Crippen LogP contribution in [0.3, 0.4) is 0 Å². The molecule has 0 fully saturated rings. The SMILES string of the molecule is C#CC(O)(S)CC. The number of hydrogen-bond donors (Lipinski definition) is 2. The summed E-state index contributed by atoms with van der Waals surface area (Å²) in [5, 5.41) is 8.76. The molecular formula is C5H8OS. The van der Waals surface area contributed by atoms with Crippen molar-refractivity contribution in [3.05, 3.63) is 0 Å². The third kappa shape index (κ3) is 2.55. The van der Waals surface area contributed by atoms with Crippen molar-refractivity contribution >= 4 is 12.6 Å². The molecule has 0 aromatic carbocycles. The summed E-state index contributed by atoms with van der Waals surface area (Å²) < 4.78 is 0. The molecule has 0 rings (SSSR count). The van der Waals surface area contributed by atoms with Gasteiger partial charge in [0, 0.05) is 0 Å². The number of aliphatic hydroxyl groups is 1. The van der Waals surface area contributed by atoms with Gasteiger partial charge in [-0.05, 0) is 6.42 Å². The first kappa shape index (κ1) is 6.87. The predicted molar refractivity (Wildman–Crippen MR) is 33.1 cm³/mol. The highest BCUT2D eigenvalue weighted by atomic mass is 32.1. The Morgan fingerprint density at radius 1 is 2.00 bits per heavy atom. The van der Waals surface area contributed by atoms with Crippen LogP contribution in [-0.2, 0) is 0 Å². The lowest BCUT2D eigenvalue weighted by Crippen LogP contribution is -2.14. The summed E-state index contributed by atoms with van der Waals surface area (Å²) >= 11 is 3.71. The Labute approximate surface area is 49.1 Å². The first-order chi connectivity index (χ1) is 3.12. The van der Waals surface area contributed by atoms with Crippen LogP contribution in [0.5, 0.6) is 0 Å². The minimum absolute atomic E-state index is 0.479. The molecule has 0 radical (unpaired) electrons. The van der Waals surface area contributed by atoms with Crippen LogP contribution >= 0.6 is 12.6 Å². The molecular weight excluding hydrogens is 108 g/mol. The third-order valence-corrected chi connectivity index (χ3v) is 1.17. The largest absolute Gasteiger partial charge is 0.369 e. The van der Waals surface area contributed by atoms with E-state index in [9.17, 15) is 0 Å². The van der Waals surface area contributed by atoms with Crippen molar-refractivity contribution in [2.75, 3.05) is 0 Å². The Kier molecular flexibility index (Phi) is 2.21. The molecule has 0 aliphatic carbocycles. The highest BCUT2D eigenvalue weighted by Gasteiger charge is 2.12. The molecule has 40 valence electrons. The van der Waals surface area contributed by atoms with Gasteiger partial charge in [-0.2, -0.15) is 0 Å². The maximum absolute atomic E-state index is 8.76. The van der Waals surface area contributed by atoms with Crippen molar-refractivity contribution < 1.29 is 5.11 Å². The number of hydrogen-bond acceptors (Lipinski definition) is 2. The Bertz CT molecular complexity index is 90.7. The lowest BCUT2D eigenvalue weighted by molar-refractivity contribution is 0.196. The van der Waals surface area contributed by atoms with Gasteiger partial charge in [0.2, 0.25) is 0 Å². The van der Waals surface area contributed by atoms with Gasteiger partial charge in [0.15, 0.2) is 4.93 Å². The van der Waals surface area contributed by atoms with Crippen LogP contribution in [0.25, 0.3) is 0 Å². The highest BCUT2D eigenvalue weighted by molar-refractivity contribution is 7.81. The van der Waals surface area contributed by atoms with Crippen molar-refractivity contribution in [2.45, 2.75) is 18.3 Å². The minimum Gasteiger partial charge on any atom is -0.369 e. The quantitative estimate of drug-likeness (QED) is 0.293. The van der Waals surface area contributed by atoms with Crippen molar-refractivity contribution in [1.82, 2.24) is 0 Å². The molecule has 0 saturated carbocycles. The van der Waals surface area contributed by atoms with Gasteiger partial charge in [-0.3, -0.25) is 0 Å². The predicted octanol–water partition coefficient (Wildman–Crippen LogP) is 0.648. The van der Waals surface area contributed by atoms with Crippen LogP contribution in [-0.4, -0.2) is 10.0 Å². The van der Waals surface area contributed by atoms with E-state index in [4.69, 9.17) is 11.5 Å². The van der Waals surface area contributed by atoms with Crippen LogP contribution in [0.4, 0.5) is 0 Å². The zero-order valence-corrected chi connectivity index (χ0v) is 5.07. The molecule has 0 amide bonds. The molecule has 2 heteroatoms. The number of thiol groups is 1. The zero-order chi connectivity index (χ0) is 5.91. The summed E-state index contributed by atoms with van der Waals surface area (Å²) in [4.78, 5) is -1.19. The number of terminal acetylenes is 1. The van der Waals surface area contributed by atoms with Crippen LogP contribution in [0.2, 0.25) is 0 Å². The van der Waals surface area contributed by atoms with E-state index in [1.54, 1.807) is 6.92 Å². The Hall–Kier alpha value is -0.130. The summed E-state index contributed by atoms with van der Waals surface area (Å²) in [7, 11) is 0. The summed E-state index contributed by atoms with van der Waals surface area (Å²) in [5.41, 5.74) is 0. The van der Waals surface area contributed by atoms with E-state index in [1.807, 2.05) is 0 Å². The summed E-state index contributed by atoms with van der Waals surface area (Å²) in [6.45, 7) is 1.77. The third-order valence-electron chi connectivity index (χ3n) is 0.724. The lowest BCUT2D eigenvalue weighted by Gasteiger charge is -2.09. The fourth-order valence-electron chi connectivity index (χ4n) is 0.102. The van der Waals surface area contributed by atoms with Crippen molar-refractivity contribution in [1.29, 1.82) is 0 Å². The van der Waals surface area contributed by atoms with E-state index in [-0.39, 0.29) is 0 Å². The topological polar surface area (TPSA) is 20.2 Å². The Balaban J connectivity index is 3.66. The van der Waals surface area contributed by atoms with Gasteiger partial charge in [-0.25, -0.2) is 0 Å². The van der Waals surface area contributed by atoms with Crippen LogP contribution < -0.4 is 0 Å². The monoisotopic (exact) mass is 116 g/mol. The Morgan fingerprint density at radius 3 is 2.43 bits per heavy atom. The molecule has 0 aliphatic rings. The molecule has 1 nitrogen and oxygen atoms in total. The second-order valence-corrected chi connectivity index (χ2v) is 2.05. The summed E-state index contributed by atoms with van der Waals surface area (Å²) in [5.74, 6) is 2.11. The molecule has 0 heterocycles. The average molecular weight is 116 g/mol. The fraction of sp³-hybridized carbons (Fsp3) is 0.600. The fourth-order valence-corrected chi connectivity index (χ4v) is 0.102. The van der Waals surface area contributed by atoms with Crippen LogP contribution in [0.1, 0.15) is 13.3 Å². The molecule has 7 heavy (non-hydrogen) atoms. The van der Waals surface area contributed by atoms with Gasteiger partial charge < -0.3 is 5.11 Å². The minimum atomic E-state index is -1.19. The maximum atomic E-state index is 8.76. The zero-order valence-electron chi connectivity index (χ0n) is 4.18. The van der Waals surface area contributed by atoms with Gasteiger partial charge in [-0.15, -0.1) is 19.1 Å². The smallest absolute Gasteiger partial charge is 0.169 e.